The van der Waals surface area contributed by atoms with Crippen molar-refractivity contribution in [1.29, 1.82) is 0 Å². The number of likely N-dealkylation sites (tertiary alicyclic amines) is 1. The van der Waals surface area contributed by atoms with Gasteiger partial charge in [0.25, 0.3) is 0 Å². The predicted octanol–water partition coefficient (Wildman–Crippen LogP) is 1.07. The quantitative estimate of drug-likeness (QED) is 0.589. The van der Waals surface area contributed by atoms with E-state index < -0.39 is 12.0 Å². The van der Waals surface area contributed by atoms with Crippen LogP contribution in [0.15, 0.2) is 54.6 Å². The van der Waals surface area contributed by atoms with Crippen LogP contribution in [-0.2, 0) is 4.79 Å². The van der Waals surface area contributed by atoms with Gasteiger partial charge in [-0.1, -0.05) is 60.4 Å². The Morgan fingerprint density at radius 3 is 2.62 bits per heavy atom. The van der Waals surface area contributed by atoms with Crippen LogP contribution in [0.5, 0.6) is 5.75 Å². The van der Waals surface area contributed by atoms with Gasteiger partial charge in [-0.15, -0.1) is 0 Å². The minimum absolute atomic E-state index is 0.0456. The number of ether oxygens (including phenoxy) is 1. The van der Waals surface area contributed by atoms with Crippen LogP contribution in [0.4, 0.5) is 4.79 Å². The van der Waals surface area contributed by atoms with E-state index in [1.165, 1.54) is 0 Å². The number of para-hydroxylation sites is 1. The van der Waals surface area contributed by atoms with E-state index in [0.717, 1.165) is 23.9 Å². The zero-order valence-electron chi connectivity index (χ0n) is 18.4. The second kappa shape index (κ2) is 11.8. The Bertz CT molecular complexity index is 900. The van der Waals surface area contributed by atoms with E-state index in [1.54, 1.807) is 31.4 Å². The fourth-order valence-corrected chi connectivity index (χ4v) is 4.09. The van der Waals surface area contributed by atoms with Gasteiger partial charge in [0.15, 0.2) is 0 Å². The Kier molecular flexibility index (Phi) is 8.85. The molecule has 0 aliphatic carbocycles. The van der Waals surface area contributed by atoms with Crippen molar-refractivity contribution in [3.8, 4) is 5.75 Å². The number of carbonyl (C=O) groups is 2. The average molecular weight is 426 g/mol. The number of carbonyl (C=O) groups excluding carboxylic acids is 2. The van der Waals surface area contributed by atoms with E-state index in [4.69, 9.17) is 20.3 Å². The van der Waals surface area contributed by atoms with E-state index >= 15 is 0 Å². The summed E-state index contributed by atoms with van der Waals surface area (Å²) in [5, 5.41) is 5.78. The van der Waals surface area contributed by atoms with Crippen LogP contribution >= 0.6 is 0 Å². The molecule has 0 saturated carbocycles. The average Bonchev–Trinajstić information content (AvgIpc) is 3.21. The van der Waals surface area contributed by atoms with E-state index in [2.05, 4.69) is 10.6 Å². The van der Waals surface area contributed by atoms with Gasteiger partial charge in [-0.05, 0) is 36.8 Å². The number of nitrogens with one attached hydrogen (secondary N) is 2. The number of benzene rings is 2. The van der Waals surface area contributed by atoms with E-state index in [9.17, 15) is 9.59 Å². The molecule has 2 amide bonds. The lowest BCUT2D eigenvalue weighted by Gasteiger charge is -2.28. The molecular weight excluding hydrogens is 399 g/mol. The van der Waals surface area contributed by atoms with Crippen molar-refractivity contribution in [3.05, 3.63) is 60.2 Å². The van der Waals surface area contributed by atoms with Crippen molar-refractivity contribution in [2.75, 3.05) is 19.6 Å². The van der Waals surface area contributed by atoms with Crippen molar-refractivity contribution < 1.29 is 14.3 Å². The lowest BCUT2D eigenvalue weighted by molar-refractivity contribution is -0.122. The van der Waals surface area contributed by atoms with Crippen molar-refractivity contribution >= 4 is 40.2 Å². The fourth-order valence-electron chi connectivity index (χ4n) is 4.09. The number of nitrogens with zero attached hydrogens (tertiary/aromatic N) is 1. The first-order valence-corrected chi connectivity index (χ1v) is 10.9. The van der Waals surface area contributed by atoms with Gasteiger partial charge in [0.05, 0.1) is 21.6 Å². The highest BCUT2D eigenvalue weighted by Crippen LogP contribution is 2.20. The molecule has 2 aromatic rings. The Balaban J connectivity index is 1.46. The summed E-state index contributed by atoms with van der Waals surface area (Å²) in [5.41, 5.74) is 1.94. The molecule has 0 bridgehead atoms. The number of rotatable bonds is 9. The fraction of sp³-hybridized carbons (Fsp3) is 0.391. The molecule has 1 aliphatic heterocycles. The van der Waals surface area contributed by atoms with Gasteiger partial charge in [0.2, 0.25) is 5.91 Å². The molecule has 2 N–H and O–H groups in total. The van der Waals surface area contributed by atoms with Crippen LogP contribution in [0.2, 0.25) is 0 Å². The third kappa shape index (κ3) is 6.66. The molecular formula is C23H27B3N3O3. The van der Waals surface area contributed by atoms with Crippen LogP contribution in [0, 0.1) is 0 Å². The highest BCUT2D eigenvalue weighted by Gasteiger charge is 2.27. The summed E-state index contributed by atoms with van der Waals surface area (Å²) in [4.78, 5) is 26.7. The van der Waals surface area contributed by atoms with Gasteiger partial charge >= 0.3 is 6.09 Å². The Morgan fingerprint density at radius 2 is 1.91 bits per heavy atom. The Morgan fingerprint density at radius 1 is 1.19 bits per heavy atom. The first kappa shape index (κ1) is 24.0. The lowest BCUT2D eigenvalue weighted by Crippen LogP contribution is -2.46. The molecule has 3 rings (SSSR count). The lowest BCUT2D eigenvalue weighted by atomic mass is 9.49. The molecule has 161 valence electrons. The summed E-state index contributed by atoms with van der Waals surface area (Å²) in [6.07, 6.45) is 1.03. The molecule has 5 radical (unpaired) electrons. The van der Waals surface area contributed by atoms with Gasteiger partial charge < -0.3 is 15.4 Å². The molecule has 3 unspecified atom stereocenters. The molecule has 32 heavy (non-hydrogen) atoms. The molecule has 1 aliphatic rings. The molecule has 1 heterocycles. The Labute approximate surface area is 193 Å². The maximum absolute atomic E-state index is 12.6. The van der Waals surface area contributed by atoms with Crippen LogP contribution in [-0.4, -0.2) is 71.3 Å². The first-order valence-electron chi connectivity index (χ1n) is 10.9. The van der Waals surface area contributed by atoms with Crippen LogP contribution in [0.25, 0.3) is 0 Å². The summed E-state index contributed by atoms with van der Waals surface area (Å²) in [5.74, 6) is -0.216. The molecule has 1 saturated heterocycles. The van der Waals surface area contributed by atoms with Gasteiger partial charge in [-0.3, -0.25) is 9.69 Å². The minimum atomic E-state index is -0.522. The van der Waals surface area contributed by atoms with Crippen LogP contribution in [0.1, 0.15) is 31.2 Å². The third-order valence-corrected chi connectivity index (χ3v) is 5.69. The zero-order valence-corrected chi connectivity index (χ0v) is 18.4. The molecule has 0 aromatic heterocycles. The maximum Gasteiger partial charge on any atom is 0.412 e. The van der Waals surface area contributed by atoms with Gasteiger partial charge in [0.1, 0.15) is 5.75 Å². The normalized spacial score (nSPS) is 17.8. The summed E-state index contributed by atoms with van der Waals surface area (Å²) in [6, 6.07) is 16.6. The van der Waals surface area contributed by atoms with E-state index in [-0.39, 0.29) is 24.4 Å². The van der Waals surface area contributed by atoms with Gasteiger partial charge in [0, 0.05) is 26.9 Å². The number of amides is 2. The van der Waals surface area contributed by atoms with Crippen molar-refractivity contribution in [3.63, 3.8) is 0 Å². The third-order valence-electron chi connectivity index (χ3n) is 5.69. The topological polar surface area (TPSA) is 70.7 Å². The van der Waals surface area contributed by atoms with Gasteiger partial charge in [-0.2, -0.15) is 0 Å². The predicted molar refractivity (Wildman–Crippen MR) is 129 cm³/mol. The maximum atomic E-state index is 12.6. The summed E-state index contributed by atoms with van der Waals surface area (Å²) < 4.78 is 5.27. The smallest absolute Gasteiger partial charge is 0.410 e. The molecule has 2 aromatic carbocycles. The molecule has 6 nitrogen and oxygen atoms in total. The van der Waals surface area contributed by atoms with Crippen LogP contribution < -0.4 is 20.8 Å². The van der Waals surface area contributed by atoms with E-state index in [0.29, 0.717) is 18.8 Å². The molecule has 0 spiro atoms. The SMILES string of the molecule is [B][B]c1ccccc1C(CC)C([B])NC(=O)CN1CCC(NC(=O)Oc2ccccc2)C1. The summed E-state index contributed by atoms with van der Waals surface area (Å²) >= 11 is 0. The zero-order chi connectivity index (χ0) is 22.9. The van der Waals surface area contributed by atoms with Crippen molar-refractivity contribution in [2.24, 2.45) is 0 Å². The van der Waals surface area contributed by atoms with Crippen molar-refractivity contribution in [1.82, 2.24) is 15.5 Å². The summed E-state index contributed by atoms with van der Waals surface area (Å²) in [7, 11) is 13.7. The highest BCUT2D eigenvalue weighted by molar-refractivity contribution is 6.97. The molecule has 1 fully saturated rings. The monoisotopic (exact) mass is 426 g/mol. The Hall–Kier alpha value is -2.67. The second-order valence-corrected chi connectivity index (χ2v) is 7.97. The van der Waals surface area contributed by atoms with Crippen molar-refractivity contribution in [2.45, 2.75) is 37.7 Å². The largest absolute Gasteiger partial charge is 0.412 e. The minimum Gasteiger partial charge on any atom is -0.410 e. The highest BCUT2D eigenvalue weighted by atomic mass is 16.6. The molecule has 9 heteroatoms. The second-order valence-electron chi connectivity index (χ2n) is 7.97. The molecule has 3 atom stereocenters. The van der Waals surface area contributed by atoms with Gasteiger partial charge in [-0.25, -0.2) is 4.79 Å². The standard InChI is InChI=1S/C23H27B3N3O3/c1-2-18(19-10-6-7-11-20(19)26-25)22(24)28-21(30)15-29-13-12-16(14-29)27-23(31)32-17-8-4-3-5-9-17/h3-11,16,18,22H,2,12-15H2,1H3,(H,27,31)(H,28,30). The summed E-state index contributed by atoms with van der Waals surface area (Å²) in [6.45, 7) is 3.55. The van der Waals surface area contributed by atoms with E-state index in [1.807, 2.05) is 42.2 Å². The number of hydrogen-bond donors (Lipinski definition) is 2. The first-order chi connectivity index (χ1) is 15.5. The van der Waals surface area contributed by atoms with Crippen LogP contribution in [0.3, 0.4) is 0 Å². The number of hydrogen-bond acceptors (Lipinski definition) is 4.